The summed E-state index contributed by atoms with van der Waals surface area (Å²) in [6, 6.07) is 28.4. The van der Waals surface area contributed by atoms with Crippen molar-refractivity contribution in [3.8, 4) is 17.2 Å². The lowest BCUT2D eigenvalue weighted by molar-refractivity contribution is 0.102. The largest absolute Gasteiger partial charge is 0.497 e. The zero-order valence-corrected chi connectivity index (χ0v) is 17.9. The quantitative estimate of drug-likeness (QED) is 0.295. The van der Waals surface area contributed by atoms with Gasteiger partial charge in [-0.25, -0.2) is 0 Å². The van der Waals surface area contributed by atoms with Gasteiger partial charge >= 0.3 is 0 Å². The molecule has 0 bridgehead atoms. The van der Waals surface area contributed by atoms with Crippen molar-refractivity contribution in [1.82, 2.24) is 0 Å². The van der Waals surface area contributed by atoms with Crippen LogP contribution in [0.1, 0.15) is 44.8 Å². The average Bonchev–Trinajstić information content (AvgIpc) is 2.85. The van der Waals surface area contributed by atoms with Crippen molar-refractivity contribution >= 4 is 11.6 Å². The third-order valence-corrected chi connectivity index (χ3v) is 5.13. The second-order valence-corrected chi connectivity index (χ2v) is 7.40. The van der Waals surface area contributed by atoms with Gasteiger partial charge in [0.2, 0.25) is 0 Å². The van der Waals surface area contributed by atoms with Crippen LogP contribution in [0.4, 0.5) is 0 Å². The molecule has 4 aromatic rings. The van der Waals surface area contributed by atoms with Crippen LogP contribution >= 0.6 is 0 Å². The zero-order chi connectivity index (χ0) is 22.5. The van der Waals surface area contributed by atoms with Crippen LogP contribution < -0.4 is 9.47 Å². The fourth-order valence-electron chi connectivity index (χ4n) is 3.27. The Kier molecular flexibility index (Phi) is 7.42. The lowest BCUT2D eigenvalue weighted by Gasteiger charge is -2.08. The summed E-state index contributed by atoms with van der Waals surface area (Å²) in [5.41, 5.74) is 3.35. The topological polar surface area (TPSA) is 52.6 Å². The molecule has 0 saturated carbocycles. The van der Waals surface area contributed by atoms with Gasteiger partial charge in [0.25, 0.3) is 0 Å². The minimum Gasteiger partial charge on any atom is -0.497 e. The molecule has 0 unspecified atom stereocenters. The van der Waals surface area contributed by atoms with Crippen LogP contribution in [-0.4, -0.2) is 18.7 Å². The Morgan fingerprint density at radius 3 is 1.21 bits per heavy atom. The van der Waals surface area contributed by atoms with Crippen molar-refractivity contribution in [2.45, 2.75) is 14.4 Å². The molecule has 0 fully saturated rings. The summed E-state index contributed by atoms with van der Waals surface area (Å²) in [4.78, 5) is 25.5. The molecule has 0 saturated heterocycles. The third kappa shape index (κ3) is 5.55. The van der Waals surface area contributed by atoms with Crippen molar-refractivity contribution in [1.29, 1.82) is 0 Å². The summed E-state index contributed by atoms with van der Waals surface area (Å²) in [5, 5.41) is 0. The highest BCUT2D eigenvalue weighted by Gasteiger charge is 2.13. The van der Waals surface area contributed by atoms with Gasteiger partial charge < -0.3 is 9.47 Å². The van der Waals surface area contributed by atoms with Crippen LogP contribution in [0.3, 0.4) is 0 Å². The first-order valence-corrected chi connectivity index (χ1v) is 10.2. The molecule has 0 N–H and O–H groups in total. The van der Waals surface area contributed by atoms with E-state index < -0.39 is 0 Å². The van der Waals surface area contributed by atoms with E-state index in [0.29, 0.717) is 33.8 Å². The van der Waals surface area contributed by atoms with Crippen molar-refractivity contribution in [2.24, 2.45) is 0 Å². The molecule has 0 heterocycles. The summed E-state index contributed by atoms with van der Waals surface area (Å²) >= 11 is 0. The number of methoxy groups -OCH3 is 1. The van der Waals surface area contributed by atoms with E-state index >= 15 is 0 Å². The monoisotopic (exact) mass is 438 g/mol. The Morgan fingerprint density at radius 1 is 0.515 bits per heavy atom. The highest BCUT2D eigenvalue weighted by molar-refractivity contribution is 6.11. The van der Waals surface area contributed by atoms with Crippen molar-refractivity contribution < 1.29 is 19.1 Å². The fourth-order valence-corrected chi connectivity index (χ4v) is 3.27. The summed E-state index contributed by atoms with van der Waals surface area (Å²) in [5.74, 6) is 1.88. The number of ether oxygens (including phenoxy) is 2. The van der Waals surface area contributed by atoms with Gasteiger partial charge in [-0.2, -0.15) is 0 Å². The van der Waals surface area contributed by atoms with E-state index in [4.69, 9.17) is 9.47 Å². The molecule has 4 rings (SSSR count). The molecule has 4 heteroatoms. The predicted octanol–water partition coefficient (Wildman–Crippen LogP) is 6.89. The molecular formula is C29H26O4. The van der Waals surface area contributed by atoms with Gasteiger partial charge in [-0.15, -0.1) is 0 Å². The molecule has 33 heavy (non-hydrogen) atoms. The van der Waals surface area contributed by atoms with Crippen LogP contribution in [0.5, 0.6) is 17.2 Å². The average molecular weight is 439 g/mol. The number of hydrogen-bond acceptors (Lipinski definition) is 4. The molecule has 0 amide bonds. The highest BCUT2D eigenvalue weighted by atomic mass is 16.5. The number of carbonyl (C=O) groups excluding carboxylic acids is 2. The first-order chi connectivity index (χ1) is 15.5. The van der Waals surface area contributed by atoms with E-state index in [1.165, 1.54) is 0 Å². The molecule has 0 aliphatic heterocycles. The molecule has 0 aliphatic carbocycles. The molecule has 0 spiro atoms. The highest BCUT2D eigenvalue weighted by Crippen LogP contribution is 2.24. The number of hydrogen-bond donors (Lipinski definition) is 0. The van der Waals surface area contributed by atoms with E-state index in [2.05, 4.69) is 0 Å². The predicted molar refractivity (Wildman–Crippen MR) is 131 cm³/mol. The molecule has 0 aliphatic rings. The summed E-state index contributed by atoms with van der Waals surface area (Å²) in [7, 11) is 1.61. The minimum absolute atomic E-state index is 0. The molecule has 0 atom stereocenters. The van der Waals surface area contributed by atoms with Crippen LogP contribution in [-0.2, 0) is 0 Å². The number of rotatable bonds is 7. The van der Waals surface area contributed by atoms with Gasteiger partial charge in [0.1, 0.15) is 17.2 Å². The van der Waals surface area contributed by atoms with Gasteiger partial charge in [0.05, 0.1) is 7.11 Å². The lowest BCUT2D eigenvalue weighted by atomic mass is 9.98. The van der Waals surface area contributed by atoms with Crippen LogP contribution in [0.15, 0.2) is 97.1 Å². The van der Waals surface area contributed by atoms with Crippen LogP contribution in [0.2, 0.25) is 0 Å². The number of aryl methyl sites for hydroxylation is 1. The van der Waals surface area contributed by atoms with E-state index in [1.54, 1.807) is 55.6 Å². The Bertz CT molecular complexity index is 1220. The number of ketones is 2. The second-order valence-electron chi connectivity index (χ2n) is 7.40. The normalized spacial score (nSPS) is 10.1. The first kappa shape index (κ1) is 23.5. The fraction of sp³-hybridized carbons (Fsp3) is 0.103. The SMILES string of the molecule is C.COc1ccc(Oc2ccc(C(=O)c3ccc(C(=O)c4ccc(C)cc4)cc3)cc2)cc1. The summed E-state index contributed by atoms with van der Waals surface area (Å²) in [6.45, 7) is 1.98. The van der Waals surface area contributed by atoms with Crippen molar-refractivity contribution in [3.05, 3.63) is 125 Å². The molecule has 0 aromatic heterocycles. The van der Waals surface area contributed by atoms with Crippen molar-refractivity contribution in [2.75, 3.05) is 7.11 Å². The Balaban J connectivity index is 0.00000306. The van der Waals surface area contributed by atoms with Gasteiger partial charge in [-0.3, -0.25) is 9.59 Å². The molecule has 0 radical (unpaired) electrons. The smallest absolute Gasteiger partial charge is 0.193 e. The van der Waals surface area contributed by atoms with E-state index in [1.807, 2.05) is 55.5 Å². The molecular weight excluding hydrogens is 412 g/mol. The van der Waals surface area contributed by atoms with Crippen LogP contribution in [0, 0.1) is 6.92 Å². The van der Waals surface area contributed by atoms with Crippen LogP contribution in [0.25, 0.3) is 0 Å². The number of carbonyl (C=O) groups is 2. The molecule has 4 aromatic carbocycles. The van der Waals surface area contributed by atoms with Gasteiger partial charge in [0, 0.05) is 22.3 Å². The van der Waals surface area contributed by atoms with E-state index in [0.717, 1.165) is 11.3 Å². The Labute approximate surface area is 194 Å². The third-order valence-electron chi connectivity index (χ3n) is 5.13. The van der Waals surface area contributed by atoms with Crippen molar-refractivity contribution in [3.63, 3.8) is 0 Å². The van der Waals surface area contributed by atoms with E-state index in [-0.39, 0.29) is 19.0 Å². The van der Waals surface area contributed by atoms with Gasteiger partial charge in [-0.05, 0) is 55.5 Å². The maximum Gasteiger partial charge on any atom is 0.193 e. The van der Waals surface area contributed by atoms with E-state index in [9.17, 15) is 9.59 Å². The summed E-state index contributed by atoms with van der Waals surface area (Å²) in [6.07, 6.45) is 0. The lowest BCUT2D eigenvalue weighted by Crippen LogP contribution is -2.04. The van der Waals surface area contributed by atoms with Gasteiger partial charge in [-0.1, -0.05) is 61.5 Å². The number of benzene rings is 4. The summed E-state index contributed by atoms with van der Waals surface area (Å²) < 4.78 is 10.9. The molecule has 4 nitrogen and oxygen atoms in total. The maximum absolute atomic E-state index is 12.8. The standard InChI is InChI=1S/C28H22O4.CH4/c1-19-3-5-20(6-4-19)27(29)21-7-9-22(10-8-21)28(30)23-11-13-25(14-12-23)32-26-17-15-24(31-2)16-18-26;/h3-18H,1-2H3;1H4. The zero-order valence-electron chi connectivity index (χ0n) is 17.9. The van der Waals surface area contributed by atoms with Gasteiger partial charge in [0.15, 0.2) is 11.6 Å². The Morgan fingerprint density at radius 2 is 0.818 bits per heavy atom. The minimum atomic E-state index is -0.115. The molecule has 166 valence electrons. The Hall–Kier alpha value is -4.18. The first-order valence-electron chi connectivity index (χ1n) is 10.2. The second kappa shape index (κ2) is 10.4. The maximum atomic E-state index is 12.8.